The summed E-state index contributed by atoms with van der Waals surface area (Å²) in [5.41, 5.74) is -0.0206. The highest BCUT2D eigenvalue weighted by Crippen LogP contribution is 2.39. The number of hydrogen-bond donors (Lipinski definition) is 3. The van der Waals surface area contributed by atoms with Crippen molar-refractivity contribution < 1.29 is 37.4 Å². The number of carboxylic acid groups (broad SMARTS) is 1. The van der Waals surface area contributed by atoms with Crippen molar-refractivity contribution in [2.75, 3.05) is 13.6 Å². The third-order valence-corrected chi connectivity index (χ3v) is 5.11. The van der Waals surface area contributed by atoms with Gasteiger partial charge in [0.2, 0.25) is 5.75 Å². The van der Waals surface area contributed by atoms with Crippen molar-refractivity contribution in [3.05, 3.63) is 57.5 Å². The lowest BCUT2D eigenvalue weighted by atomic mass is 10.1. The Balaban J connectivity index is 0.000000360. The van der Waals surface area contributed by atoms with Crippen LogP contribution in [0.5, 0.6) is 5.75 Å². The first-order valence-electron chi connectivity index (χ1n) is 9.30. The Morgan fingerprint density at radius 3 is 2.38 bits per heavy atom. The maximum Gasteiger partial charge on any atom is 0.490 e. The molecular weight excluding hydrogens is 440 g/mol. The summed E-state index contributed by atoms with van der Waals surface area (Å²) < 4.78 is 46.5. The van der Waals surface area contributed by atoms with Gasteiger partial charge in [0.25, 0.3) is 5.91 Å². The number of hydrogen-bond acceptors (Lipinski definition) is 6. The minimum absolute atomic E-state index is 0.00823. The Morgan fingerprint density at radius 2 is 1.84 bits per heavy atom. The van der Waals surface area contributed by atoms with Crippen molar-refractivity contribution in [1.29, 1.82) is 0 Å². The van der Waals surface area contributed by atoms with E-state index in [2.05, 4.69) is 10.3 Å². The van der Waals surface area contributed by atoms with Crippen molar-refractivity contribution in [2.45, 2.75) is 31.2 Å². The Labute approximate surface area is 177 Å². The van der Waals surface area contributed by atoms with Gasteiger partial charge in [-0.3, -0.25) is 9.59 Å². The average Bonchev–Trinajstić information content (AvgIpc) is 3.06. The number of nitrogens with zero attached hydrogens (tertiary/aromatic N) is 3. The van der Waals surface area contributed by atoms with Gasteiger partial charge in [-0.25, -0.2) is 9.18 Å². The number of carbonyl (C=O) groups is 2. The summed E-state index contributed by atoms with van der Waals surface area (Å²) in [6.45, 7) is 0.726. The molecule has 4 rings (SSSR count). The van der Waals surface area contributed by atoms with E-state index in [1.807, 2.05) is 0 Å². The van der Waals surface area contributed by atoms with Crippen LogP contribution >= 0.6 is 0 Å². The predicted octanol–water partition coefficient (Wildman–Crippen LogP) is 1.58. The van der Waals surface area contributed by atoms with Crippen molar-refractivity contribution in [3.8, 4) is 5.75 Å². The first-order valence-corrected chi connectivity index (χ1v) is 9.30. The molecule has 3 heterocycles. The van der Waals surface area contributed by atoms with Crippen molar-refractivity contribution >= 4 is 11.9 Å². The van der Waals surface area contributed by atoms with Gasteiger partial charge in [-0.1, -0.05) is 12.1 Å². The van der Waals surface area contributed by atoms with Crippen LogP contribution in [-0.4, -0.2) is 56.3 Å². The van der Waals surface area contributed by atoms with Crippen molar-refractivity contribution in [1.82, 2.24) is 19.8 Å². The molecule has 0 fully saturated rings. The summed E-state index contributed by atoms with van der Waals surface area (Å²) in [6, 6.07) is 5.71. The van der Waals surface area contributed by atoms with E-state index in [1.165, 1.54) is 12.1 Å². The van der Waals surface area contributed by atoms with Crippen LogP contribution in [0.1, 0.15) is 40.4 Å². The minimum Gasteiger partial charge on any atom is -0.501 e. The van der Waals surface area contributed by atoms with E-state index in [0.29, 0.717) is 18.8 Å². The van der Waals surface area contributed by atoms with Crippen LogP contribution < -0.4 is 10.9 Å². The lowest BCUT2D eigenvalue weighted by Gasteiger charge is -2.33. The van der Waals surface area contributed by atoms with Gasteiger partial charge in [-0.15, -0.1) is 0 Å². The Morgan fingerprint density at radius 1 is 1.25 bits per heavy atom. The number of aliphatic carboxylic acids is 1. The zero-order chi connectivity index (χ0) is 23.8. The third kappa shape index (κ3) is 4.42. The molecule has 1 aromatic heterocycles. The molecule has 2 aliphatic rings. The van der Waals surface area contributed by atoms with Crippen LogP contribution in [-0.2, 0) is 11.3 Å². The Hall–Kier alpha value is -3.48. The number of carboxylic acids is 1. The highest BCUT2D eigenvalue weighted by atomic mass is 19.4. The van der Waals surface area contributed by atoms with E-state index in [4.69, 9.17) is 9.90 Å². The molecule has 1 aromatic carbocycles. The molecular formula is C19H18F4N4O5. The molecule has 2 atom stereocenters. The van der Waals surface area contributed by atoms with E-state index < -0.39 is 29.4 Å². The van der Waals surface area contributed by atoms with E-state index in [9.17, 15) is 32.3 Å². The lowest BCUT2D eigenvalue weighted by Crippen LogP contribution is -2.43. The molecule has 172 valence electrons. The fourth-order valence-corrected chi connectivity index (χ4v) is 3.68. The number of aromatic hydroxyl groups is 1. The van der Waals surface area contributed by atoms with Crippen LogP contribution in [0, 0.1) is 5.82 Å². The summed E-state index contributed by atoms with van der Waals surface area (Å²) in [4.78, 5) is 39.3. The largest absolute Gasteiger partial charge is 0.501 e. The van der Waals surface area contributed by atoms with E-state index in [0.717, 1.165) is 5.56 Å². The standard InChI is InChI=1S/C17H17FN4O3.C2HF3O2/c1-19-12-6-11-8-21(7-9-2-4-10(18)5-3-9)17(25)13-14(23)16(24)20-15(12)22(11)13;3-2(4,5)1(6)7/h2-5,11-12,19,23H,6-8H2,1H3;(H,6,7)/t11-,12-;/m1./s1. The lowest BCUT2D eigenvalue weighted by molar-refractivity contribution is -0.192. The molecule has 9 nitrogen and oxygen atoms in total. The first-order chi connectivity index (χ1) is 14.9. The number of carbonyl (C=O) groups excluding carboxylic acids is 1. The van der Waals surface area contributed by atoms with E-state index in [-0.39, 0.29) is 30.1 Å². The molecule has 1 amide bonds. The molecule has 0 unspecified atom stereocenters. The fraction of sp³-hybridized carbons (Fsp3) is 0.368. The Kier molecular flexibility index (Phi) is 6.21. The van der Waals surface area contributed by atoms with Crippen LogP contribution in [0.3, 0.4) is 0 Å². The number of aromatic nitrogens is 2. The topological polar surface area (TPSA) is 125 Å². The first kappa shape index (κ1) is 23.2. The van der Waals surface area contributed by atoms with Gasteiger partial charge in [0.05, 0.1) is 12.1 Å². The second-order valence-corrected chi connectivity index (χ2v) is 7.19. The van der Waals surface area contributed by atoms with Gasteiger partial charge in [0.15, 0.2) is 5.69 Å². The molecule has 0 saturated heterocycles. The highest BCUT2D eigenvalue weighted by Gasteiger charge is 2.42. The highest BCUT2D eigenvalue weighted by molar-refractivity contribution is 5.96. The van der Waals surface area contributed by atoms with E-state index in [1.54, 1.807) is 28.6 Å². The SMILES string of the molecule is CN[C@@H]1C[C@@H]2CN(Cc3ccc(F)cc3)C(=O)c3c(O)c(=O)nc1n32.O=C(O)C(F)(F)F. The van der Waals surface area contributed by atoms with Gasteiger partial charge in [-0.2, -0.15) is 18.2 Å². The number of benzene rings is 1. The molecule has 13 heteroatoms. The maximum atomic E-state index is 13.1. The summed E-state index contributed by atoms with van der Waals surface area (Å²) in [6.07, 6.45) is -4.41. The molecule has 0 radical (unpaired) electrons. The summed E-state index contributed by atoms with van der Waals surface area (Å²) >= 11 is 0. The smallest absolute Gasteiger partial charge is 0.490 e. The summed E-state index contributed by atoms with van der Waals surface area (Å²) in [7, 11) is 1.77. The molecule has 0 bridgehead atoms. The minimum atomic E-state index is -5.08. The van der Waals surface area contributed by atoms with E-state index >= 15 is 0 Å². The van der Waals surface area contributed by atoms with Crippen LogP contribution in [0.4, 0.5) is 17.6 Å². The molecule has 3 N–H and O–H groups in total. The van der Waals surface area contributed by atoms with Crippen molar-refractivity contribution in [3.63, 3.8) is 0 Å². The molecule has 0 spiro atoms. The van der Waals surface area contributed by atoms with Crippen LogP contribution in [0.2, 0.25) is 0 Å². The molecule has 32 heavy (non-hydrogen) atoms. The van der Waals surface area contributed by atoms with Gasteiger partial charge >= 0.3 is 17.7 Å². The molecule has 0 aliphatic carbocycles. The predicted molar refractivity (Wildman–Crippen MR) is 100 cm³/mol. The number of alkyl halides is 3. The number of rotatable bonds is 3. The van der Waals surface area contributed by atoms with Crippen LogP contribution in [0.25, 0.3) is 0 Å². The van der Waals surface area contributed by atoms with Gasteiger partial charge in [0.1, 0.15) is 11.6 Å². The second kappa shape index (κ2) is 8.57. The molecule has 2 aliphatic heterocycles. The number of halogens is 4. The maximum absolute atomic E-state index is 13.1. The number of amides is 1. The summed E-state index contributed by atoms with van der Waals surface area (Å²) in [5.74, 6) is -3.64. The van der Waals surface area contributed by atoms with Gasteiger partial charge in [0, 0.05) is 13.1 Å². The normalized spacial score (nSPS) is 19.3. The second-order valence-electron chi connectivity index (χ2n) is 7.19. The fourth-order valence-electron chi connectivity index (χ4n) is 3.68. The van der Waals surface area contributed by atoms with Crippen molar-refractivity contribution in [2.24, 2.45) is 0 Å². The van der Waals surface area contributed by atoms with Gasteiger partial charge < -0.3 is 25.0 Å². The van der Waals surface area contributed by atoms with Gasteiger partial charge in [-0.05, 0) is 31.2 Å². The average molecular weight is 458 g/mol. The zero-order valence-electron chi connectivity index (χ0n) is 16.6. The Bertz CT molecular complexity index is 1100. The van der Waals surface area contributed by atoms with Crippen LogP contribution in [0.15, 0.2) is 29.1 Å². The summed E-state index contributed by atoms with van der Waals surface area (Å²) in [5, 5.41) is 20.4. The number of nitrogens with one attached hydrogen (secondary N) is 1. The molecule has 2 aromatic rings. The zero-order valence-corrected chi connectivity index (χ0v) is 16.6. The third-order valence-electron chi connectivity index (χ3n) is 5.11. The monoisotopic (exact) mass is 458 g/mol. The quantitative estimate of drug-likeness (QED) is 0.597. The molecule has 0 saturated carbocycles.